The van der Waals surface area contributed by atoms with Crippen LogP contribution in [0.2, 0.25) is 0 Å². The summed E-state index contributed by atoms with van der Waals surface area (Å²) in [7, 11) is 0. The number of hydrogen-bond donors (Lipinski definition) is 1. The lowest BCUT2D eigenvalue weighted by Crippen LogP contribution is -2.39. The molecule has 2 aliphatic rings. The van der Waals surface area contributed by atoms with Crippen molar-refractivity contribution in [3.63, 3.8) is 0 Å². The zero-order valence-electron chi connectivity index (χ0n) is 11.1. The molecule has 0 bridgehead atoms. The zero-order valence-corrected chi connectivity index (χ0v) is 12.0. The lowest BCUT2D eigenvalue weighted by molar-refractivity contribution is -0.131. The van der Waals surface area contributed by atoms with E-state index in [0.717, 1.165) is 19.4 Å². The molecule has 3 nitrogen and oxygen atoms in total. The predicted molar refractivity (Wildman–Crippen MR) is 76.1 cm³/mol. The molecule has 0 spiro atoms. The van der Waals surface area contributed by atoms with Crippen LogP contribution in [0.25, 0.3) is 0 Å². The normalized spacial score (nSPS) is 25.6. The third-order valence-electron chi connectivity index (χ3n) is 4.24. The van der Waals surface area contributed by atoms with E-state index in [9.17, 15) is 4.79 Å². The van der Waals surface area contributed by atoms with Gasteiger partial charge in [0.05, 0.1) is 6.04 Å². The summed E-state index contributed by atoms with van der Waals surface area (Å²) in [6.45, 7) is 0.727. The molecule has 1 amide bonds. The zero-order chi connectivity index (χ0) is 13.1. The van der Waals surface area contributed by atoms with Gasteiger partial charge >= 0.3 is 0 Å². The number of carbonyl (C=O) groups excluding carboxylic acids is 1. The Morgan fingerprint density at radius 2 is 2.16 bits per heavy atom. The molecular weight excluding hydrogens is 258 g/mol. The number of ether oxygens (including phenoxy) is 1. The van der Waals surface area contributed by atoms with Crippen molar-refractivity contribution in [3.8, 4) is 0 Å². The van der Waals surface area contributed by atoms with Crippen molar-refractivity contribution in [1.29, 1.82) is 0 Å². The molecule has 1 aliphatic heterocycles. The van der Waals surface area contributed by atoms with Crippen LogP contribution in [0.3, 0.4) is 0 Å². The van der Waals surface area contributed by atoms with Crippen molar-refractivity contribution in [3.05, 3.63) is 22.4 Å². The van der Waals surface area contributed by atoms with E-state index in [-0.39, 0.29) is 18.1 Å². The van der Waals surface area contributed by atoms with Gasteiger partial charge < -0.3 is 10.1 Å². The summed E-state index contributed by atoms with van der Waals surface area (Å²) in [6.07, 6.45) is 6.70. The Bertz CT molecular complexity index is 406. The van der Waals surface area contributed by atoms with Crippen LogP contribution in [-0.2, 0) is 9.53 Å². The van der Waals surface area contributed by atoms with E-state index in [1.807, 2.05) is 0 Å². The monoisotopic (exact) mass is 279 g/mol. The van der Waals surface area contributed by atoms with Crippen molar-refractivity contribution in [2.24, 2.45) is 5.92 Å². The Morgan fingerprint density at radius 3 is 2.79 bits per heavy atom. The number of rotatable bonds is 4. The summed E-state index contributed by atoms with van der Waals surface area (Å²) < 4.78 is 5.49. The lowest BCUT2D eigenvalue weighted by atomic mass is 9.96. The number of hydrogen-bond acceptors (Lipinski definition) is 3. The quantitative estimate of drug-likeness (QED) is 0.918. The van der Waals surface area contributed by atoms with Crippen molar-refractivity contribution >= 4 is 17.2 Å². The molecule has 2 fully saturated rings. The standard InChI is InChI=1S/C15H21NO2S/c17-15(12-7-3-9-18-12)16-14(11-5-1-2-6-11)13-8-4-10-19-13/h4,8,10-12,14H,1-3,5-7,9H2,(H,16,17)/t12-,14-/m0/s1. The summed E-state index contributed by atoms with van der Waals surface area (Å²) >= 11 is 1.75. The lowest BCUT2D eigenvalue weighted by Gasteiger charge is -2.25. The van der Waals surface area contributed by atoms with Crippen LogP contribution in [-0.4, -0.2) is 18.6 Å². The van der Waals surface area contributed by atoms with Gasteiger partial charge in [-0.2, -0.15) is 0 Å². The summed E-state index contributed by atoms with van der Waals surface area (Å²) in [5.41, 5.74) is 0. The third kappa shape index (κ3) is 3.00. The van der Waals surface area contributed by atoms with Crippen LogP contribution in [0.4, 0.5) is 0 Å². The fourth-order valence-electron chi connectivity index (χ4n) is 3.21. The maximum atomic E-state index is 12.3. The van der Waals surface area contributed by atoms with E-state index < -0.39 is 0 Å². The first-order valence-electron chi connectivity index (χ1n) is 7.30. The number of carbonyl (C=O) groups is 1. The highest BCUT2D eigenvalue weighted by molar-refractivity contribution is 7.10. The van der Waals surface area contributed by atoms with E-state index >= 15 is 0 Å². The van der Waals surface area contributed by atoms with Crippen LogP contribution in [0.5, 0.6) is 0 Å². The second-order valence-electron chi connectivity index (χ2n) is 5.55. The molecule has 0 radical (unpaired) electrons. The highest BCUT2D eigenvalue weighted by Gasteiger charge is 2.31. The molecule has 0 unspecified atom stereocenters. The number of amides is 1. The minimum Gasteiger partial charge on any atom is -0.368 e. The van der Waals surface area contributed by atoms with E-state index in [2.05, 4.69) is 22.8 Å². The second-order valence-corrected chi connectivity index (χ2v) is 6.53. The maximum Gasteiger partial charge on any atom is 0.249 e. The van der Waals surface area contributed by atoms with Gasteiger partial charge in [0.1, 0.15) is 6.10 Å². The van der Waals surface area contributed by atoms with Crippen LogP contribution in [0, 0.1) is 5.92 Å². The Labute approximate surface area is 118 Å². The molecule has 19 heavy (non-hydrogen) atoms. The van der Waals surface area contributed by atoms with E-state index in [4.69, 9.17) is 4.74 Å². The predicted octanol–water partition coefficient (Wildman–Crippen LogP) is 3.27. The fourth-order valence-corrected chi connectivity index (χ4v) is 4.08. The van der Waals surface area contributed by atoms with Crippen LogP contribution >= 0.6 is 11.3 Å². The molecule has 1 aromatic rings. The van der Waals surface area contributed by atoms with E-state index in [1.165, 1.54) is 30.6 Å². The third-order valence-corrected chi connectivity index (χ3v) is 5.20. The van der Waals surface area contributed by atoms with Gasteiger partial charge in [0.2, 0.25) is 5.91 Å². The van der Waals surface area contributed by atoms with Gasteiger partial charge in [-0.25, -0.2) is 0 Å². The van der Waals surface area contributed by atoms with Crippen molar-refractivity contribution in [1.82, 2.24) is 5.32 Å². The number of thiophene rings is 1. The van der Waals surface area contributed by atoms with E-state index in [1.54, 1.807) is 11.3 Å². The molecule has 104 valence electrons. The van der Waals surface area contributed by atoms with Crippen LogP contribution in [0.15, 0.2) is 17.5 Å². The minimum absolute atomic E-state index is 0.0859. The topological polar surface area (TPSA) is 38.3 Å². The van der Waals surface area contributed by atoms with Gasteiger partial charge in [-0.05, 0) is 43.0 Å². The van der Waals surface area contributed by atoms with Gasteiger partial charge in [-0.3, -0.25) is 4.79 Å². The van der Waals surface area contributed by atoms with Gasteiger partial charge in [-0.1, -0.05) is 18.9 Å². The molecule has 3 rings (SSSR count). The van der Waals surface area contributed by atoms with Crippen LogP contribution < -0.4 is 5.32 Å². The van der Waals surface area contributed by atoms with Gasteiger partial charge in [0.15, 0.2) is 0 Å². The molecule has 1 saturated carbocycles. The fraction of sp³-hybridized carbons (Fsp3) is 0.667. The average Bonchev–Trinajstić information content (AvgIpc) is 3.17. The summed E-state index contributed by atoms with van der Waals surface area (Å²) in [4.78, 5) is 13.6. The van der Waals surface area contributed by atoms with Gasteiger partial charge in [0, 0.05) is 11.5 Å². The summed E-state index contributed by atoms with van der Waals surface area (Å²) in [6, 6.07) is 4.41. The summed E-state index contributed by atoms with van der Waals surface area (Å²) in [5.74, 6) is 0.687. The highest BCUT2D eigenvalue weighted by atomic mass is 32.1. The van der Waals surface area contributed by atoms with E-state index in [0.29, 0.717) is 5.92 Å². The molecular formula is C15H21NO2S. The number of nitrogens with one attached hydrogen (secondary N) is 1. The average molecular weight is 279 g/mol. The summed E-state index contributed by atoms with van der Waals surface area (Å²) in [5, 5.41) is 5.34. The first-order chi connectivity index (χ1) is 9.34. The van der Waals surface area contributed by atoms with Crippen molar-refractivity contribution < 1.29 is 9.53 Å². The molecule has 2 heterocycles. The SMILES string of the molecule is O=C(N[C@H](c1cccs1)C1CCCC1)[C@@H]1CCCO1. The largest absolute Gasteiger partial charge is 0.368 e. The maximum absolute atomic E-state index is 12.3. The first-order valence-corrected chi connectivity index (χ1v) is 8.18. The molecule has 1 aliphatic carbocycles. The van der Waals surface area contributed by atoms with Gasteiger partial charge in [-0.15, -0.1) is 11.3 Å². The molecule has 1 aromatic heterocycles. The minimum atomic E-state index is -0.219. The molecule has 1 N–H and O–H groups in total. The molecule has 1 saturated heterocycles. The smallest absolute Gasteiger partial charge is 0.249 e. The Morgan fingerprint density at radius 1 is 1.32 bits per heavy atom. The second kappa shape index (κ2) is 6.06. The molecule has 0 aromatic carbocycles. The van der Waals surface area contributed by atoms with Crippen molar-refractivity contribution in [2.45, 2.75) is 50.7 Å². The molecule has 4 heteroatoms. The molecule has 2 atom stereocenters. The van der Waals surface area contributed by atoms with Crippen molar-refractivity contribution in [2.75, 3.05) is 6.61 Å². The van der Waals surface area contributed by atoms with Crippen LogP contribution in [0.1, 0.15) is 49.4 Å². The first kappa shape index (κ1) is 13.1. The Kier molecular flexibility index (Phi) is 4.18. The highest BCUT2D eigenvalue weighted by Crippen LogP contribution is 2.37. The van der Waals surface area contributed by atoms with Gasteiger partial charge in [0.25, 0.3) is 0 Å². The Balaban J connectivity index is 1.69. The Hall–Kier alpha value is -0.870.